The summed E-state index contributed by atoms with van der Waals surface area (Å²) in [5, 5.41) is 3.19. The lowest BCUT2D eigenvalue weighted by Crippen LogP contribution is -2.25. The van der Waals surface area contributed by atoms with Crippen molar-refractivity contribution < 1.29 is 8.42 Å². The number of rotatable bonds is 5. The summed E-state index contributed by atoms with van der Waals surface area (Å²) < 4.78 is 24.5. The van der Waals surface area contributed by atoms with E-state index in [2.05, 4.69) is 15.3 Å². The van der Waals surface area contributed by atoms with Crippen molar-refractivity contribution in [3.05, 3.63) is 36.5 Å². The van der Waals surface area contributed by atoms with Gasteiger partial charge < -0.3 is 5.32 Å². The van der Waals surface area contributed by atoms with Gasteiger partial charge in [0.25, 0.3) is 0 Å². The minimum atomic E-state index is -3.02. The molecule has 0 spiro atoms. The fraction of sp³-hybridized carbons (Fsp3) is 0.385. The van der Waals surface area contributed by atoms with E-state index in [0.29, 0.717) is 5.82 Å². The number of nitrogens with zero attached hydrogens (tertiary/aromatic N) is 3. The minimum Gasteiger partial charge on any atom is -0.379 e. The van der Waals surface area contributed by atoms with E-state index in [-0.39, 0.29) is 11.8 Å². The molecule has 1 unspecified atom stereocenters. The largest absolute Gasteiger partial charge is 0.379 e. The second-order valence-corrected chi connectivity index (χ2v) is 7.04. The zero-order chi connectivity index (χ0) is 14.8. The Hall–Kier alpha value is -1.89. The van der Waals surface area contributed by atoms with E-state index in [4.69, 9.17) is 0 Å². The lowest BCUT2D eigenvalue weighted by Gasteiger charge is -2.17. The summed E-state index contributed by atoms with van der Waals surface area (Å²) in [6.45, 7) is 3.72. The zero-order valence-electron chi connectivity index (χ0n) is 11.7. The molecule has 1 N–H and O–H groups in total. The normalized spacial score (nSPS) is 13.2. The molecule has 20 heavy (non-hydrogen) atoms. The number of anilines is 1. The number of pyridine rings is 1. The third-order valence-electron chi connectivity index (χ3n) is 2.80. The Morgan fingerprint density at radius 1 is 1.35 bits per heavy atom. The Balaban J connectivity index is 2.28. The molecule has 0 bridgehead atoms. The van der Waals surface area contributed by atoms with Gasteiger partial charge in [-0.3, -0.25) is 4.57 Å². The van der Waals surface area contributed by atoms with Crippen LogP contribution in [-0.4, -0.2) is 41.0 Å². The van der Waals surface area contributed by atoms with Crippen LogP contribution in [-0.2, 0) is 9.84 Å². The molecule has 0 amide bonds. The van der Waals surface area contributed by atoms with Crippen LogP contribution in [0.1, 0.15) is 12.7 Å². The van der Waals surface area contributed by atoms with Gasteiger partial charge in [0.15, 0.2) is 5.82 Å². The Bertz CT molecular complexity index is 694. The number of nitrogens with one attached hydrogen (secondary N) is 1. The Kier molecular flexibility index (Phi) is 4.08. The highest BCUT2D eigenvalue weighted by Crippen LogP contribution is 2.19. The summed E-state index contributed by atoms with van der Waals surface area (Å²) in [6.07, 6.45) is 6.45. The monoisotopic (exact) mass is 294 g/mol. The van der Waals surface area contributed by atoms with E-state index in [1.54, 1.807) is 12.4 Å². The third-order valence-corrected chi connectivity index (χ3v) is 3.90. The van der Waals surface area contributed by atoms with Crippen LogP contribution in [0.25, 0.3) is 5.82 Å². The third kappa shape index (κ3) is 3.57. The molecule has 0 aromatic carbocycles. The van der Waals surface area contributed by atoms with Crippen LogP contribution in [0.3, 0.4) is 0 Å². The van der Waals surface area contributed by atoms with Crippen LogP contribution < -0.4 is 5.32 Å². The maximum Gasteiger partial charge on any atom is 0.161 e. The van der Waals surface area contributed by atoms with Crippen molar-refractivity contribution in [2.45, 2.75) is 19.9 Å². The van der Waals surface area contributed by atoms with Gasteiger partial charge in [-0.1, -0.05) is 0 Å². The Labute approximate surface area is 118 Å². The molecule has 0 radical (unpaired) electrons. The topological polar surface area (TPSA) is 76.9 Å². The number of aryl methyl sites for hydroxylation is 1. The summed E-state index contributed by atoms with van der Waals surface area (Å²) >= 11 is 0. The van der Waals surface area contributed by atoms with E-state index in [1.807, 2.05) is 36.7 Å². The van der Waals surface area contributed by atoms with Crippen molar-refractivity contribution in [2.75, 3.05) is 17.3 Å². The van der Waals surface area contributed by atoms with Gasteiger partial charge in [-0.05, 0) is 26.0 Å². The van der Waals surface area contributed by atoms with Crippen molar-refractivity contribution in [3.63, 3.8) is 0 Å². The summed E-state index contributed by atoms with van der Waals surface area (Å²) in [4.78, 5) is 8.51. The molecule has 108 valence electrons. The Morgan fingerprint density at radius 3 is 2.70 bits per heavy atom. The van der Waals surface area contributed by atoms with Gasteiger partial charge in [0.2, 0.25) is 0 Å². The van der Waals surface area contributed by atoms with Crippen LogP contribution in [0.4, 0.5) is 5.69 Å². The van der Waals surface area contributed by atoms with Gasteiger partial charge in [-0.15, -0.1) is 0 Å². The predicted molar refractivity (Wildman–Crippen MR) is 78.9 cm³/mol. The summed E-state index contributed by atoms with van der Waals surface area (Å²) in [7, 11) is -3.02. The summed E-state index contributed by atoms with van der Waals surface area (Å²) in [5.74, 6) is 1.61. The SMILES string of the molecule is Cc1nccn1-c1ncccc1NC(C)CS(C)(=O)=O. The first-order valence-corrected chi connectivity index (χ1v) is 8.32. The second kappa shape index (κ2) is 5.62. The molecule has 0 aliphatic rings. The van der Waals surface area contributed by atoms with E-state index in [0.717, 1.165) is 11.5 Å². The average molecular weight is 294 g/mol. The maximum absolute atomic E-state index is 11.3. The zero-order valence-corrected chi connectivity index (χ0v) is 12.6. The molecule has 0 aliphatic carbocycles. The predicted octanol–water partition coefficient (Wildman–Crippen LogP) is 1.42. The second-order valence-electron chi connectivity index (χ2n) is 4.86. The number of hydrogen-bond donors (Lipinski definition) is 1. The molecule has 2 heterocycles. The highest BCUT2D eigenvalue weighted by molar-refractivity contribution is 7.90. The van der Waals surface area contributed by atoms with E-state index in [1.165, 1.54) is 6.26 Å². The average Bonchev–Trinajstić information content (AvgIpc) is 2.73. The molecule has 6 nitrogen and oxygen atoms in total. The van der Waals surface area contributed by atoms with Gasteiger partial charge in [-0.25, -0.2) is 18.4 Å². The van der Waals surface area contributed by atoms with Gasteiger partial charge in [0, 0.05) is 30.9 Å². The Morgan fingerprint density at radius 2 is 2.10 bits per heavy atom. The van der Waals surface area contributed by atoms with Crippen LogP contribution in [0, 0.1) is 6.92 Å². The molecule has 0 fully saturated rings. The first-order chi connectivity index (χ1) is 9.37. The molecule has 7 heteroatoms. The molecular formula is C13H18N4O2S. The first kappa shape index (κ1) is 14.5. The van der Waals surface area contributed by atoms with Crippen molar-refractivity contribution in [2.24, 2.45) is 0 Å². The molecule has 1 atom stereocenters. The van der Waals surface area contributed by atoms with Gasteiger partial charge >= 0.3 is 0 Å². The van der Waals surface area contributed by atoms with Gasteiger partial charge in [0.05, 0.1) is 11.4 Å². The number of imidazole rings is 1. The number of hydrogen-bond acceptors (Lipinski definition) is 5. The quantitative estimate of drug-likeness (QED) is 0.902. The highest BCUT2D eigenvalue weighted by Gasteiger charge is 2.14. The molecule has 2 aromatic heterocycles. The summed E-state index contributed by atoms with van der Waals surface area (Å²) in [5.41, 5.74) is 0.782. The molecule has 0 saturated heterocycles. The fourth-order valence-electron chi connectivity index (χ4n) is 2.06. The number of aromatic nitrogens is 3. The fourth-order valence-corrected chi connectivity index (χ4v) is 3.06. The lowest BCUT2D eigenvalue weighted by molar-refractivity contribution is 0.598. The van der Waals surface area contributed by atoms with Crippen LogP contribution in [0.5, 0.6) is 0 Å². The minimum absolute atomic E-state index is 0.0737. The van der Waals surface area contributed by atoms with Crippen molar-refractivity contribution >= 4 is 15.5 Å². The molecule has 0 saturated carbocycles. The van der Waals surface area contributed by atoms with Gasteiger partial charge in [0.1, 0.15) is 15.7 Å². The van der Waals surface area contributed by atoms with Crippen LogP contribution >= 0.6 is 0 Å². The molecule has 0 aliphatic heterocycles. The standard InChI is InChI=1S/C13H18N4O2S/c1-10(9-20(3,18)19)16-12-5-4-6-15-13(12)17-8-7-14-11(17)2/h4-8,10,16H,9H2,1-3H3. The first-order valence-electron chi connectivity index (χ1n) is 6.26. The van der Waals surface area contributed by atoms with E-state index >= 15 is 0 Å². The molecule has 2 aromatic rings. The van der Waals surface area contributed by atoms with Crippen LogP contribution in [0.2, 0.25) is 0 Å². The van der Waals surface area contributed by atoms with E-state index < -0.39 is 9.84 Å². The van der Waals surface area contributed by atoms with Crippen LogP contribution in [0.15, 0.2) is 30.7 Å². The number of sulfone groups is 1. The smallest absolute Gasteiger partial charge is 0.161 e. The van der Waals surface area contributed by atoms with Gasteiger partial charge in [-0.2, -0.15) is 0 Å². The lowest BCUT2D eigenvalue weighted by atomic mass is 10.3. The molecule has 2 rings (SSSR count). The van der Waals surface area contributed by atoms with Crippen molar-refractivity contribution in [1.29, 1.82) is 0 Å². The van der Waals surface area contributed by atoms with E-state index in [9.17, 15) is 8.42 Å². The van der Waals surface area contributed by atoms with Crippen molar-refractivity contribution in [3.8, 4) is 5.82 Å². The molecular weight excluding hydrogens is 276 g/mol. The summed E-state index contributed by atoms with van der Waals surface area (Å²) in [6, 6.07) is 3.49. The maximum atomic E-state index is 11.3. The highest BCUT2D eigenvalue weighted by atomic mass is 32.2. The van der Waals surface area contributed by atoms with Crippen molar-refractivity contribution in [1.82, 2.24) is 14.5 Å².